The summed E-state index contributed by atoms with van der Waals surface area (Å²) < 4.78 is 0. The van der Waals surface area contributed by atoms with Crippen LogP contribution in [0.1, 0.15) is 46.5 Å². The number of nitrogens with one attached hydrogen (secondary N) is 1. The maximum atomic E-state index is 3.75. The number of hydrogen-bond acceptors (Lipinski definition) is 3. The second kappa shape index (κ2) is 8.39. The van der Waals surface area contributed by atoms with Crippen molar-refractivity contribution in [3.63, 3.8) is 0 Å². The Bertz CT molecular complexity index is 197. The summed E-state index contributed by atoms with van der Waals surface area (Å²) >= 11 is 1.97. The fourth-order valence-electron chi connectivity index (χ4n) is 2.45. The van der Waals surface area contributed by atoms with Gasteiger partial charge in [0.1, 0.15) is 0 Å². The van der Waals surface area contributed by atoms with Gasteiger partial charge in [0.15, 0.2) is 0 Å². The molecule has 0 amide bonds. The molecule has 1 aliphatic heterocycles. The van der Waals surface area contributed by atoms with Gasteiger partial charge in [-0.3, -0.25) is 0 Å². The third kappa shape index (κ3) is 6.12. The lowest BCUT2D eigenvalue weighted by Gasteiger charge is -2.24. The Balaban J connectivity index is 2.18. The molecule has 2 unspecified atom stereocenters. The Hall–Kier alpha value is 0.270. The van der Waals surface area contributed by atoms with Gasteiger partial charge in [-0.1, -0.05) is 6.92 Å². The van der Waals surface area contributed by atoms with Gasteiger partial charge in [0.05, 0.1) is 0 Å². The molecule has 0 aromatic rings. The number of likely N-dealkylation sites (tertiary alicyclic amines) is 1. The van der Waals surface area contributed by atoms with E-state index in [2.05, 4.69) is 37.2 Å². The van der Waals surface area contributed by atoms with Crippen molar-refractivity contribution in [2.75, 3.05) is 25.9 Å². The van der Waals surface area contributed by atoms with Gasteiger partial charge in [-0.25, -0.2) is 0 Å². The lowest BCUT2D eigenvalue weighted by molar-refractivity contribution is 0.229. The summed E-state index contributed by atoms with van der Waals surface area (Å²) in [6.07, 6.45) is 7.54. The van der Waals surface area contributed by atoms with Crippen LogP contribution in [0.2, 0.25) is 0 Å². The molecule has 0 bridgehead atoms. The minimum Gasteiger partial charge on any atom is -0.314 e. The van der Waals surface area contributed by atoms with E-state index in [9.17, 15) is 0 Å². The number of rotatable bonds is 6. The Kier molecular flexibility index (Phi) is 7.56. The van der Waals surface area contributed by atoms with E-state index in [0.717, 1.165) is 11.3 Å². The molecular weight excluding hydrogens is 228 g/mol. The maximum absolute atomic E-state index is 3.75. The van der Waals surface area contributed by atoms with Gasteiger partial charge >= 0.3 is 0 Å². The van der Waals surface area contributed by atoms with Crippen molar-refractivity contribution in [3.8, 4) is 0 Å². The highest BCUT2D eigenvalue weighted by Crippen LogP contribution is 2.14. The van der Waals surface area contributed by atoms with Crippen LogP contribution < -0.4 is 5.32 Å². The Labute approximate surface area is 112 Å². The molecule has 3 heteroatoms. The smallest absolute Gasteiger partial charge is 0.00797 e. The summed E-state index contributed by atoms with van der Waals surface area (Å²) in [5.41, 5.74) is 0. The van der Waals surface area contributed by atoms with Gasteiger partial charge in [0, 0.05) is 17.3 Å². The molecule has 0 saturated carbocycles. The molecule has 0 aromatic heterocycles. The van der Waals surface area contributed by atoms with Crippen molar-refractivity contribution in [3.05, 3.63) is 0 Å². The fourth-order valence-corrected chi connectivity index (χ4v) is 2.80. The molecule has 0 aromatic carbocycles. The zero-order valence-electron chi connectivity index (χ0n) is 12.0. The third-order valence-electron chi connectivity index (χ3n) is 3.88. The minimum absolute atomic E-state index is 0.713. The first-order valence-electron chi connectivity index (χ1n) is 7.13. The van der Waals surface area contributed by atoms with Crippen molar-refractivity contribution >= 4 is 11.8 Å². The van der Waals surface area contributed by atoms with E-state index in [1.807, 2.05) is 11.8 Å². The van der Waals surface area contributed by atoms with Gasteiger partial charge in [0.25, 0.3) is 0 Å². The molecule has 0 spiro atoms. The number of nitrogens with zero attached hydrogens (tertiary/aromatic N) is 1. The van der Waals surface area contributed by atoms with Crippen LogP contribution >= 0.6 is 11.8 Å². The summed E-state index contributed by atoms with van der Waals surface area (Å²) in [5, 5.41) is 4.54. The molecule has 1 heterocycles. The SMILES string of the molecule is CSC(C)CCNC1CCCN(C(C)C)CC1. The highest BCUT2D eigenvalue weighted by Gasteiger charge is 2.18. The zero-order chi connectivity index (χ0) is 12.7. The largest absolute Gasteiger partial charge is 0.314 e. The predicted molar refractivity (Wildman–Crippen MR) is 79.9 cm³/mol. The molecular formula is C14H30N2S. The lowest BCUT2D eigenvalue weighted by atomic mass is 10.1. The van der Waals surface area contributed by atoms with E-state index in [1.165, 1.54) is 45.3 Å². The molecule has 17 heavy (non-hydrogen) atoms. The van der Waals surface area contributed by atoms with E-state index in [1.54, 1.807) is 0 Å². The summed E-state index contributed by atoms with van der Waals surface area (Å²) in [7, 11) is 0. The third-order valence-corrected chi connectivity index (χ3v) is 4.92. The lowest BCUT2D eigenvalue weighted by Crippen LogP contribution is -2.34. The van der Waals surface area contributed by atoms with Crippen LogP contribution in [0, 0.1) is 0 Å². The van der Waals surface area contributed by atoms with Crippen molar-refractivity contribution in [1.29, 1.82) is 0 Å². The predicted octanol–water partition coefficient (Wildman–Crippen LogP) is 2.98. The average Bonchev–Trinajstić information content (AvgIpc) is 2.54. The van der Waals surface area contributed by atoms with Crippen LogP contribution in [0.4, 0.5) is 0 Å². The second-order valence-electron chi connectivity index (χ2n) is 5.55. The van der Waals surface area contributed by atoms with Crippen LogP contribution in [0.3, 0.4) is 0 Å². The Morgan fingerprint density at radius 3 is 2.65 bits per heavy atom. The molecule has 2 nitrogen and oxygen atoms in total. The Morgan fingerprint density at radius 1 is 1.24 bits per heavy atom. The van der Waals surface area contributed by atoms with Gasteiger partial charge in [-0.05, 0) is 65.4 Å². The first-order valence-corrected chi connectivity index (χ1v) is 8.42. The summed E-state index contributed by atoms with van der Waals surface area (Å²) in [6, 6.07) is 1.47. The highest BCUT2D eigenvalue weighted by molar-refractivity contribution is 7.99. The van der Waals surface area contributed by atoms with Gasteiger partial charge in [0.2, 0.25) is 0 Å². The standard InChI is InChI=1S/C14H30N2S/c1-12(2)16-10-5-6-14(8-11-16)15-9-7-13(3)17-4/h12-15H,5-11H2,1-4H3. The summed E-state index contributed by atoms with van der Waals surface area (Å²) in [5.74, 6) is 0. The van der Waals surface area contributed by atoms with E-state index in [-0.39, 0.29) is 0 Å². The molecule has 1 aliphatic rings. The summed E-state index contributed by atoms with van der Waals surface area (Å²) in [6.45, 7) is 10.7. The van der Waals surface area contributed by atoms with Crippen LogP contribution in [0.15, 0.2) is 0 Å². The van der Waals surface area contributed by atoms with Gasteiger partial charge < -0.3 is 10.2 Å². The molecule has 102 valence electrons. The molecule has 0 radical (unpaired) electrons. The quantitative estimate of drug-likeness (QED) is 0.788. The normalized spacial score (nSPS) is 24.9. The highest BCUT2D eigenvalue weighted by atomic mass is 32.2. The van der Waals surface area contributed by atoms with Crippen molar-refractivity contribution in [2.24, 2.45) is 0 Å². The van der Waals surface area contributed by atoms with Crippen LogP contribution in [-0.4, -0.2) is 48.1 Å². The number of hydrogen-bond donors (Lipinski definition) is 1. The maximum Gasteiger partial charge on any atom is 0.00797 e. The number of thioether (sulfide) groups is 1. The van der Waals surface area contributed by atoms with Crippen molar-refractivity contribution < 1.29 is 0 Å². The van der Waals surface area contributed by atoms with E-state index in [4.69, 9.17) is 0 Å². The summed E-state index contributed by atoms with van der Waals surface area (Å²) in [4.78, 5) is 2.62. The monoisotopic (exact) mass is 258 g/mol. The fraction of sp³-hybridized carbons (Fsp3) is 1.00. The molecule has 2 atom stereocenters. The van der Waals surface area contributed by atoms with Crippen molar-refractivity contribution in [2.45, 2.75) is 63.8 Å². The zero-order valence-corrected chi connectivity index (χ0v) is 12.9. The van der Waals surface area contributed by atoms with Gasteiger partial charge in [-0.15, -0.1) is 0 Å². The minimum atomic E-state index is 0.713. The molecule has 1 saturated heterocycles. The Morgan fingerprint density at radius 2 is 2.00 bits per heavy atom. The second-order valence-corrected chi connectivity index (χ2v) is 6.82. The molecule has 0 aliphatic carbocycles. The van der Waals surface area contributed by atoms with Gasteiger partial charge in [-0.2, -0.15) is 11.8 Å². The van der Waals surface area contributed by atoms with Crippen molar-refractivity contribution in [1.82, 2.24) is 10.2 Å². The average molecular weight is 258 g/mol. The van der Waals surface area contributed by atoms with Crippen LogP contribution in [0.25, 0.3) is 0 Å². The molecule has 1 rings (SSSR count). The first-order chi connectivity index (χ1) is 8.13. The van der Waals surface area contributed by atoms with E-state index in [0.29, 0.717) is 6.04 Å². The molecule has 1 fully saturated rings. The van der Waals surface area contributed by atoms with E-state index >= 15 is 0 Å². The topological polar surface area (TPSA) is 15.3 Å². The van der Waals surface area contributed by atoms with Crippen LogP contribution in [-0.2, 0) is 0 Å². The van der Waals surface area contributed by atoms with E-state index < -0.39 is 0 Å². The first kappa shape index (κ1) is 15.3. The van der Waals surface area contributed by atoms with Crippen LogP contribution in [0.5, 0.6) is 0 Å². The molecule has 1 N–H and O–H groups in total.